The maximum absolute atomic E-state index is 5.07. The molecule has 0 amide bonds. The molecule has 0 aromatic heterocycles. The van der Waals surface area contributed by atoms with Gasteiger partial charge in [0.25, 0.3) is 0 Å². The second-order valence-electron chi connectivity index (χ2n) is 5.44. The number of hydrogen-bond donors (Lipinski definition) is 1. The number of rotatable bonds is 10. The maximum Gasteiger partial charge on any atom is 0.0587 e. The van der Waals surface area contributed by atoms with Gasteiger partial charge in [0.15, 0.2) is 0 Å². The van der Waals surface area contributed by atoms with Crippen LogP contribution in [-0.4, -0.2) is 50.8 Å². The molecule has 18 heavy (non-hydrogen) atoms. The van der Waals surface area contributed by atoms with Crippen molar-refractivity contribution in [2.24, 2.45) is 0 Å². The third-order valence-electron chi connectivity index (χ3n) is 3.91. The largest absolute Gasteiger partial charge is 0.383 e. The second-order valence-corrected chi connectivity index (χ2v) is 5.44. The van der Waals surface area contributed by atoms with Gasteiger partial charge >= 0.3 is 0 Å². The number of unbranched alkanes of at least 4 members (excludes halogenated alkanes) is 3. The third kappa shape index (κ3) is 6.72. The summed E-state index contributed by atoms with van der Waals surface area (Å²) in [4.78, 5) is 2.71. The zero-order chi connectivity index (χ0) is 13.1. The van der Waals surface area contributed by atoms with E-state index in [9.17, 15) is 0 Å². The Bertz CT molecular complexity index is 167. The molecule has 3 nitrogen and oxygen atoms in total. The molecule has 1 heterocycles. The van der Waals surface area contributed by atoms with Crippen molar-refractivity contribution in [3.05, 3.63) is 0 Å². The number of likely N-dealkylation sites (tertiary alicyclic amines) is 1. The molecule has 108 valence electrons. The van der Waals surface area contributed by atoms with Crippen molar-refractivity contribution in [2.75, 3.05) is 39.9 Å². The molecular weight excluding hydrogens is 224 g/mol. The number of hydrogen-bond acceptors (Lipinski definition) is 3. The van der Waals surface area contributed by atoms with Crippen LogP contribution in [0.2, 0.25) is 0 Å². The van der Waals surface area contributed by atoms with Crippen molar-refractivity contribution >= 4 is 0 Å². The van der Waals surface area contributed by atoms with E-state index in [1.165, 1.54) is 58.0 Å². The van der Waals surface area contributed by atoms with E-state index in [1.807, 2.05) is 0 Å². The molecule has 1 aliphatic rings. The molecular formula is C15H32N2O. The average molecular weight is 256 g/mol. The Morgan fingerprint density at radius 3 is 2.89 bits per heavy atom. The summed E-state index contributed by atoms with van der Waals surface area (Å²) in [7, 11) is 1.77. The zero-order valence-electron chi connectivity index (χ0n) is 12.4. The van der Waals surface area contributed by atoms with Gasteiger partial charge in [0.1, 0.15) is 0 Å². The molecule has 0 aromatic rings. The highest BCUT2D eigenvalue weighted by molar-refractivity contribution is 4.78. The molecule has 0 spiro atoms. The van der Waals surface area contributed by atoms with Crippen LogP contribution >= 0.6 is 0 Å². The molecule has 0 aliphatic carbocycles. The highest BCUT2D eigenvalue weighted by Crippen LogP contribution is 2.17. The molecule has 0 saturated carbocycles. The summed E-state index contributed by atoms with van der Waals surface area (Å²) in [6.07, 6.45) is 9.67. The Morgan fingerprint density at radius 2 is 2.11 bits per heavy atom. The average Bonchev–Trinajstić information content (AvgIpc) is 2.41. The van der Waals surface area contributed by atoms with Crippen molar-refractivity contribution < 1.29 is 4.74 Å². The highest BCUT2D eigenvalue weighted by atomic mass is 16.5. The lowest BCUT2D eigenvalue weighted by Gasteiger charge is -2.36. The fourth-order valence-electron chi connectivity index (χ4n) is 2.77. The van der Waals surface area contributed by atoms with Crippen LogP contribution in [0.5, 0.6) is 0 Å². The molecule has 1 unspecified atom stereocenters. The summed E-state index contributed by atoms with van der Waals surface area (Å²) in [6.45, 7) is 7.83. The lowest BCUT2D eigenvalue weighted by Crippen LogP contribution is -2.46. The van der Waals surface area contributed by atoms with E-state index in [0.717, 1.165) is 25.7 Å². The first-order chi connectivity index (χ1) is 8.88. The second kappa shape index (κ2) is 10.8. The summed E-state index contributed by atoms with van der Waals surface area (Å²) in [5.41, 5.74) is 0. The van der Waals surface area contributed by atoms with Gasteiger partial charge in [0.05, 0.1) is 6.61 Å². The van der Waals surface area contributed by atoms with E-state index in [1.54, 1.807) is 7.11 Å². The van der Waals surface area contributed by atoms with Gasteiger partial charge in [-0.15, -0.1) is 0 Å². The van der Waals surface area contributed by atoms with Crippen LogP contribution in [0.1, 0.15) is 51.9 Å². The van der Waals surface area contributed by atoms with Crippen LogP contribution in [-0.2, 0) is 4.74 Å². The Labute approximate surface area is 113 Å². The lowest BCUT2D eigenvalue weighted by atomic mass is 10.0. The zero-order valence-corrected chi connectivity index (χ0v) is 12.4. The lowest BCUT2D eigenvalue weighted by molar-refractivity contribution is 0.138. The molecule has 1 fully saturated rings. The van der Waals surface area contributed by atoms with Gasteiger partial charge < -0.3 is 10.1 Å². The van der Waals surface area contributed by atoms with Gasteiger partial charge in [0, 0.05) is 26.2 Å². The van der Waals surface area contributed by atoms with E-state index >= 15 is 0 Å². The first kappa shape index (κ1) is 15.9. The SMILES string of the molecule is CCCCCCN1CCCCC1CNCCOC. The standard InChI is InChI=1S/C15H32N2O/c1-3-4-5-7-11-17-12-8-6-9-15(17)14-16-10-13-18-2/h15-16H,3-14H2,1-2H3. The number of piperidine rings is 1. The summed E-state index contributed by atoms with van der Waals surface area (Å²) >= 11 is 0. The van der Waals surface area contributed by atoms with Gasteiger partial charge in [0.2, 0.25) is 0 Å². The molecule has 1 rings (SSSR count). The predicted octanol–water partition coefficient (Wildman–Crippen LogP) is 2.66. The van der Waals surface area contributed by atoms with Gasteiger partial charge in [-0.25, -0.2) is 0 Å². The van der Waals surface area contributed by atoms with Gasteiger partial charge in [-0.05, 0) is 32.4 Å². The fraction of sp³-hybridized carbons (Fsp3) is 1.00. The van der Waals surface area contributed by atoms with E-state index in [-0.39, 0.29) is 0 Å². The summed E-state index contributed by atoms with van der Waals surface area (Å²) in [5.74, 6) is 0. The molecule has 3 heteroatoms. The monoisotopic (exact) mass is 256 g/mol. The minimum absolute atomic E-state index is 0.761. The van der Waals surface area contributed by atoms with Crippen molar-refractivity contribution in [1.82, 2.24) is 10.2 Å². The predicted molar refractivity (Wildman–Crippen MR) is 78.1 cm³/mol. The molecule has 1 atom stereocenters. The smallest absolute Gasteiger partial charge is 0.0587 e. The number of nitrogens with zero attached hydrogens (tertiary/aromatic N) is 1. The van der Waals surface area contributed by atoms with Crippen molar-refractivity contribution in [1.29, 1.82) is 0 Å². The number of nitrogens with one attached hydrogen (secondary N) is 1. The van der Waals surface area contributed by atoms with Crippen LogP contribution in [0.25, 0.3) is 0 Å². The minimum Gasteiger partial charge on any atom is -0.383 e. The van der Waals surface area contributed by atoms with Gasteiger partial charge in [-0.2, -0.15) is 0 Å². The number of ether oxygens (including phenoxy) is 1. The Kier molecular flexibility index (Phi) is 9.54. The van der Waals surface area contributed by atoms with Crippen molar-refractivity contribution in [3.8, 4) is 0 Å². The molecule has 1 aliphatic heterocycles. The summed E-state index contributed by atoms with van der Waals surface area (Å²) in [5, 5.41) is 3.52. The normalized spacial score (nSPS) is 21.3. The van der Waals surface area contributed by atoms with Crippen molar-refractivity contribution in [2.45, 2.75) is 57.9 Å². The molecule has 0 bridgehead atoms. The first-order valence-electron chi connectivity index (χ1n) is 7.82. The Morgan fingerprint density at radius 1 is 1.22 bits per heavy atom. The quantitative estimate of drug-likeness (QED) is 0.608. The van der Waals surface area contributed by atoms with Crippen LogP contribution in [0.15, 0.2) is 0 Å². The van der Waals surface area contributed by atoms with Crippen LogP contribution < -0.4 is 5.32 Å². The van der Waals surface area contributed by atoms with E-state index < -0.39 is 0 Å². The molecule has 0 aromatic carbocycles. The Balaban J connectivity index is 2.15. The van der Waals surface area contributed by atoms with Crippen LogP contribution in [0.3, 0.4) is 0 Å². The summed E-state index contributed by atoms with van der Waals surface area (Å²) < 4.78 is 5.07. The van der Waals surface area contributed by atoms with Gasteiger partial charge in [-0.3, -0.25) is 4.90 Å². The third-order valence-corrected chi connectivity index (χ3v) is 3.91. The van der Waals surface area contributed by atoms with Crippen LogP contribution in [0, 0.1) is 0 Å². The van der Waals surface area contributed by atoms with Crippen LogP contribution in [0.4, 0.5) is 0 Å². The molecule has 1 saturated heterocycles. The van der Waals surface area contributed by atoms with Crippen molar-refractivity contribution in [3.63, 3.8) is 0 Å². The highest BCUT2D eigenvalue weighted by Gasteiger charge is 2.21. The molecule has 0 radical (unpaired) electrons. The van der Waals surface area contributed by atoms with E-state index in [4.69, 9.17) is 4.74 Å². The fourth-order valence-corrected chi connectivity index (χ4v) is 2.77. The van der Waals surface area contributed by atoms with Gasteiger partial charge in [-0.1, -0.05) is 32.6 Å². The van der Waals surface area contributed by atoms with E-state index in [2.05, 4.69) is 17.1 Å². The first-order valence-corrected chi connectivity index (χ1v) is 7.82. The maximum atomic E-state index is 5.07. The Hall–Kier alpha value is -0.120. The summed E-state index contributed by atoms with van der Waals surface area (Å²) in [6, 6.07) is 0.761. The number of methoxy groups -OCH3 is 1. The minimum atomic E-state index is 0.761. The molecule has 1 N–H and O–H groups in total. The van der Waals surface area contributed by atoms with E-state index in [0.29, 0.717) is 0 Å². The topological polar surface area (TPSA) is 24.5 Å².